The predicted molar refractivity (Wildman–Crippen MR) is 74.2 cm³/mol. The van der Waals surface area contributed by atoms with E-state index in [4.69, 9.17) is 0 Å². The van der Waals surface area contributed by atoms with Crippen molar-refractivity contribution in [3.05, 3.63) is 0 Å². The SMILES string of the molecule is CCC(C)C(=O)NCCCCNC(=O)C(C)CC. The van der Waals surface area contributed by atoms with Crippen LogP contribution in [0.1, 0.15) is 53.4 Å². The van der Waals surface area contributed by atoms with Gasteiger partial charge < -0.3 is 10.6 Å². The quantitative estimate of drug-likeness (QED) is 0.621. The molecule has 18 heavy (non-hydrogen) atoms. The van der Waals surface area contributed by atoms with Gasteiger partial charge in [0.1, 0.15) is 0 Å². The fraction of sp³-hybridized carbons (Fsp3) is 0.857. The van der Waals surface area contributed by atoms with Crippen molar-refractivity contribution >= 4 is 11.8 Å². The van der Waals surface area contributed by atoms with Crippen molar-refractivity contribution in [2.75, 3.05) is 13.1 Å². The van der Waals surface area contributed by atoms with Crippen molar-refractivity contribution < 1.29 is 9.59 Å². The van der Waals surface area contributed by atoms with Gasteiger partial charge in [-0.25, -0.2) is 0 Å². The zero-order valence-corrected chi connectivity index (χ0v) is 12.2. The maximum Gasteiger partial charge on any atom is 0.222 e. The maximum atomic E-state index is 11.5. The van der Waals surface area contributed by atoms with Gasteiger partial charge in [-0.15, -0.1) is 0 Å². The topological polar surface area (TPSA) is 58.2 Å². The lowest BCUT2D eigenvalue weighted by atomic mass is 10.1. The number of carbonyl (C=O) groups is 2. The summed E-state index contributed by atoms with van der Waals surface area (Å²) in [6, 6.07) is 0. The third kappa shape index (κ3) is 7.30. The van der Waals surface area contributed by atoms with Crippen LogP contribution in [-0.4, -0.2) is 24.9 Å². The lowest BCUT2D eigenvalue weighted by molar-refractivity contribution is -0.125. The minimum atomic E-state index is 0.0927. The number of unbranched alkanes of at least 4 members (excludes halogenated alkanes) is 1. The van der Waals surface area contributed by atoms with Gasteiger partial charge in [-0.2, -0.15) is 0 Å². The Balaban J connectivity index is 3.47. The molecule has 0 rings (SSSR count). The van der Waals surface area contributed by atoms with Crippen molar-refractivity contribution in [2.24, 2.45) is 11.8 Å². The van der Waals surface area contributed by atoms with E-state index in [0.29, 0.717) is 13.1 Å². The summed E-state index contributed by atoms with van der Waals surface area (Å²) in [6.45, 7) is 9.28. The molecule has 2 amide bonds. The summed E-state index contributed by atoms with van der Waals surface area (Å²) in [5.41, 5.74) is 0. The van der Waals surface area contributed by atoms with Crippen molar-refractivity contribution in [1.29, 1.82) is 0 Å². The molecular weight excluding hydrogens is 228 g/mol. The number of rotatable bonds is 9. The molecule has 4 heteroatoms. The highest BCUT2D eigenvalue weighted by Crippen LogP contribution is 2.00. The number of carbonyl (C=O) groups excluding carboxylic acids is 2. The second-order valence-corrected chi connectivity index (χ2v) is 4.91. The van der Waals surface area contributed by atoms with Gasteiger partial charge in [-0.05, 0) is 25.7 Å². The molecule has 0 aliphatic rings. The summed E-state index contributed by atoms with van der Waals surface area (Å²) in [7, 11) is 0. The molecule has 0 aliphatic carbocycles. The molecule has 0 fully saturated rings. The second kappa shape index (κ2) is 9.92. The Morgan fingerprint density at radius 2 is 1.17 bits per heavy atom. The summed E-state index contributed by atoms with van der Waals surface area (Å²) >= 11 is 0. The smallest absolute Gasteiger partial charge is 0.222 e. The number of hydrogen-bond donors (Lipinski definition) is 2. The summed E-state index contributed by atoms with van der Waals surface area (Å²) in [5.74, 6) is 0.437. The Labute approximate surface area is 111 Å². The van der Waals surface area contributed by atoms with Gasteiger partial charge in [0.2, 0.25) is 11.8 Å². The third-order valence-electron chi connectivity index (χ3n) is 3.32. The number of hydrogen-bond acceptors (Lipinski definition) is 2. The van der Waals surface area contributed by atoms with Gasteiger partial charge in [0, 0.05) is 24.9 Å². The zero-order valence-electron chi connectivity index (χ0n) is 12.2. The number of nitrogens with one attached hydrogen (secondary N) is 2. The van der Waals surface area contributed by atoms with Crippen molar-refractivity contribution in [1.82, 2.24) is 10.6 Å². The average Bonchev–Trinajstić information content (AvgIpc) is 2.39. The van der Waals surface area contributed by atoms with E-state index in [-0.39, 0.29) is 23.7 Å². The molecule has 0 bridgehead atoms. The Morgan fingerprint density at radius 3 is 1.44 bits per heavy atom. The second-order valence-electron chi connectivity index (χ2n) is 4.91. The van der Waals surface area contributed by atoms with Crippen LogP contribution >= 0.6 is 0 Å². The Bertz CT molecular complexity index is 228. The molecule has 0 aromatic rings. The monoisotopic (exact) mass is 256 g/mol. The standard InChI is InChI=1S/C14H28N2O2/c1-5-11(3)13(17)15-9-7-8-10-16-14(18)12(4)6-2/h11-12H,5-10H2,1-4H3,(H,15,17)(H,16,18). The third-order valence-corrected chi connectivity index (χ3v) is 3.32. The number of amides is 2. The summed E-state index contributed by atoms with van der Waals surface area (Å²) in [5, 5.41) is 5.81. The molecule has 4 nitrogen and oxygen atoms in total. The first-order chi connectivity index (χ1) is 8.52. The molecule has 0 saturated heterocycles. The van der Waals surface area contributed by atoms with Gasteiger partial charge in [0.15, 0.2) is 0 Å². The minimum absolute atomic E-state index is 0.0927. The highest BCUT2D eigenvalue weighted by atomic mass is 16.2. The molecule has 2 N–H and O–H groups in total. The Morgan fingerprint density at radius 1 is 0.833 bits per heavy atom. The molecule has 0 aliphatic heterocycles. The Kier molecular flexibility index (Phi) is 9.33. The first kappa shape index (κ1) is 16.9. The molecule has 0 radical (unpaired) electrons. The van der Waals surface area contributed by atoms with E-state index < -0.39 is 0 Å². The fourth-order valence-electron chi connectivity index (χ4n) is 1.39. The highest BCUT2D eigenvalue weighted by Gasteiger charge is 2.10. The highest BCUT2D eigenvalue weighted by molar-refractivity contribution is 5.78. The van der Waals surface area contributed by atoms with Crippen LogP contribution in [0.15, 0.2) is 0 Å². The van der Waals surface area contributed by atoms with Crippen LogP contribution in [0.2, 0.25) is 0 Å². The van der Waals surface area contributed by atoms with Gasteiger partial charge in [0.25, 0.3) is 0 Å². The molecular formula is C14H28N2O2. The molecule has 0 spiro atoms. The predicted octanol–water partition coefficient (Wildman–Crippen LogP) is 2.09. The molecule has 0 aromatic carbocycles. The average molecular weight is 256 g/mol. The summed E-state index contributed by atoms with van der Waals surface area (Å²) < 4.78 is 0. The molecule has 0 heterocycles. The van der Waals surface area contributed by atoms with Gasteiger partial charge in [-0.1, -0.05) is 27.7 Å². The Hall–Kier alpha value is -1.06. The van der Waals surface area contributed by atoms with Gasteiger partial charge in [0.05, 0.1) is 0 Å². The lowest BCUT2D eigenvalue weighted by Gasteiger charge is -2.11. The van der Waals surface area contributed by atoms with E-state index in [9.17, 15) is 9.59 Å². The van der Waals surface area contributed by atoms with E-state index in [1.165, 1.54) is 0 Å². The van der Waals surface area contributed by atoms with E-state index in [0.717, 1.165) is 25.7 Å². The van der Waals surface area contributed by atoms with Crippen LogP contribution in [0, 0.1) is 11.8 Å². The van der Waals surface area contributed by atoms with Crippen molar-refractivity contribution in [3.8, 4) is 0 Å². The molecule has 0 aromatic heterocycles. The minimum Gasteiger partial charge on any atom is -0.356 e. The normalized spacial score (nSPS) is 13.8. The van der Waals surface area contributed by atoms with Crippen LogP contribution in [0.3, 0.4) is 0 Å². The zero-order chi connectivity index (χ0) is 14.0. The lowest BCUT2D eigenvalue weighted by Crippen LogP contribution is -2.31. The molecule has 0 saturated carbocycles. The summed E-state index contributed by atoms with van der Waals surface area (Å²) in [4.78, 5) is 22.9. The first-order valence-corrected chi connectivity index (χ1v) is 7.08. The fourth-order valence-corrected chi connectivity index (χ4v) is 1.39. The summed E-state index contributed by atoms with van der Waals surface area (Å²) in [6.07, 6.45) is 3.56. The van der Waals surface area contributed by atoms with E-state index in [2.05, 4.69) is 10.6 Å². The van der Waals surface area contributed by atoms with Gasteiger partial charge >= 0.3 is 0 Å². The van der Waals surface area contributed by atoms with Crippen molar-refractivity contribution in [2.45, 2.75) is 53.4 Å². The van der Waals surface area contributed by atoms with Crippen LogP contribution in [0.5, 0.6) is 0 Å². The van der Waals surface area contributed by atoms with Gasteiger partial charge in [-0.3, -0.25) is 9.59 Å². The van der Waals surface area contributed by atoms with Crippen LogP contribution in [0.25, 0.3) is 0 Å². The van der Waals surface area contributed by atoms with E-state index in [1.807, 2.05) is 27.7 Å². The van der Waals surface area contributed by atoms with E-state index in [1.54, 1.807) is 0 Å². The van der Waals surface area contributed by atoms with E-state index >= 15 is 0 Å². The molecule has 2 unspecified atom stereocenters. The largest absolute Gasteiger partial charge is 0.356 e. The maximum absolute atomic E-state index is 11.5. The molecule has 106 valence electrons. The molecule has 2 atom stereocenters. The van der Waals surface area contributed by atoms with Crippen LogP contribution in [0.4, 0.5) is 0 Å². The van der Waals surface area contributed by atoms with Crippen LogP contribution in [-0.2, 0) is 9.59 Å². The van der Waals surface area contributed by atoms with Crippen LogP contribution < -0.4 is 10.6 Å². The van der Waals surface area contributed by atoms with Crippen molar-refractivity contribution in [3.63, 3.8) is 0 Å². The first-order valence-electron chi connectivity index (χ1n) is 7.08.